The molecule has 4 aromatic rings. The molecular formula is C20H11F6N3OS2. The Morgan fingerprint density at radius 3 is 2.41 bits per heavy atom. The summed E-state index contributed by atoms with van der Waals surface area (Å²) in [5.74, 6) is -0.362. The van der Waals surface area contributed by atoms with Gasteiger partial charge in [-0.2, -0.15) is 31.4 Å². The third kappa shape index (κ3) is 4.28. The molecule has 0 radical (unpaired) electrons. The lowest BCUT2D eigenvalue weighted by Crippen LogP contribution is -2.12. The Bertz CT molecular complexity index is 1390. The van der Waals surface area contributed by atoms with Crippen LogP contribution in [-0.4, -0.2) is 20.3 Å². The molecule has 0 bridgehead atoms. The van der Waals surface area contributed by atoms with E-state index in [0.717, 1.165) is 23.5 Å². The number of fused-ring (bicyclic) bond motifs is 1. The molecule has 0 aliphatic heterocycles. The molecule has 0 amide bonds. The topological polar surface area (TPSA) is 64.7 Å². The SMILES string of the molecule is Oc1[nH]c(=S)sc1C(=Cc1ccc(C(F)(F)F)cc1C(F)(F)F)c1ccc2[nH]ncc2c1. The molecule has 32 heavy (non-hydrogen) atoms. The van der Waals surface area contributed by atoms with Gasteiger partial charge in [0.2, 0.25) is 5.88 Å². The van der Waals surface area contributed by atoms with Crippen molar-refractivity contribution in [3.05, 3.63) is 73.7 Å². The summed E-state index contributed by atoms with van der Waals surface area (Å²) < 4.78 is 80.2. The zero-order chi connectivity index (χ0) is 23.3. The van der Waals surface area contributed by atoms with Crippen LogP contribution in [0.3, 0.4) is 0 Å². The fourth-order valence-corrected chi connectivity index (χ4v) is 4.27. The predicted molar refractivity (Wildman–Crippen MR) is 111 cm³/mol. The van der Waals surface area contributed by atoms with Crippen LogP contribution in [-0.2, 0) is 12.4 Å². The maximum absolute atomic E-state index is 13.6. The van der Waals surface area contributed by atoms with Gasteiger partial charge in [-0.15, -0.1) is 11.3 Å². The van der Waals surface area contributed by atoms with Crippen molar-refractivity contribution in [2.75, 3.05) is 0 Å². The summed E-state index contributed by atoms with van der Waals surface area (Å²) in [4.78, 5) is 2.65. The molecule has 4 nitrogen and oxygen atoms in total. The van der Waals surface area contributed by atoms with Crippen LogP contribution >= 0.6 is 23.6 Å². The van der Waals surface area contributed by atoms with Gasteiger partial charge in [0.05, 0.1) is 27.7 Å². The summed E-state index contributed by atoms with van der Waals surface area (Å²) in [5, 5.41) is 17.5. The Labute approximate surface area is 184 Å². The Hall–Kier alpha value is -3.12. The van der Waals surface area contributed by atoms with Gasteiger partial charge in [-0.25, -0.2) is 0 Å². The number of hydrogen-bond donors (Lipinski definition) is 3. The summed E-state index contributed by atoms with van der Waals surface area (Å²) in [6.45, 7) is 0. The molecule has 12 heteroatoms. The van der Waals surface area contributed by atoms with Crippen molar-refractivity contribution in [3.8, 4) is 5.88 Å². The standard InChI is InChI=1S/C20H11F6N3OS2/c21-19(22,23)12-3-1-10(14(7-12)20(24,25)26)6-13(16-17(30)28-18(31)32-16)9-2-4-15-11(5-9)8-27-29-15/h1-8,30H,(H,27,29)(H,28,31). The summed E-state index contributed by atoms with van der Waals surface area (Å²) in [5.41, 5.74) is -2.13. The molecule has 0 aliphatic carbocycles. The largest absolute Gasteiger partial charge is 0.494 e. The molecule has 3 N–H and O–H groups in total. The van der Waals surface area contributed by atoms with Crippen molar-refractivity contribution < 1.29 is 31.4 Å². The monoisotopic (exact) mass is 487 g/mol. The third-order valence-corrected chi connectivity index (χ3v) is 5.87. The number of aromatic amines is 2. The maximum atomic E-state index is 13.6. The number of thiazole rings is 1. The minimum atomic E-state index is -5.04. The highest BCUT2D eigenvalue weighted by molar-refractivity contribution is 7.73. The van der Waals surface area contributed by atoms with E-state index in [9.17, 15) is 31.4 Å². The molecule has 166 valence electrons. The fraction of sp³-hybridized carbons (Fsp3) is 0.100. The number of halogens is 6. The van der Waals surface area contributed by atoms with E-state index in [1.165, 1.54) is 6.20 Å². The van der Waals surface area contributed by atoms with Crippen molar-refractivity contribution >= 4 is 46.1 Å². The zero-order valence-electron chi connectivity index (χ0n) is 15.6. The molecule has 2 heterocycles. The number of rotatable bonds is 3. The van der Waals surface area contributed by atoms with E-state index >= 15 is 0 Å². The molecule has 0 fully saturated rings. The van der Waals surface area contributed by atoms with Crippen molar-refractivity contribution in [3.63, 3.8) is 0 Å². The van der Waals surface area contributed by atoms with E-state index in [2.05, 4.69) is 15.2 Å². The van der Waals surface area contributed by atoms with Gasteiger partial charge in [-0.05, 0) is 53.7 Å². The highest BCUT2D eigenvalue weighted by atomic mass is 32.1. The van der Waals surface area contributed by atoms with Gasteiger partial charge in [0.15, 0.2) is 3.95 Å². The molecule has 0 saturated heterocycles. The summed E-state index contributed by atoms with van der Waals surface area (Å²) in [6.07, 6.45) is -7.39. The van der Waals surface area contributed by atoms with Crippen LogP contribution < -0.4 is 0 Å². The highest BCUT2D eigenvalue weighted by Crippen LogP contribution is 2.41. The second kappa shape index (κ2) is 7.78. The van der Waals surface area contributed by atoms with Crippen molar-refractivity contribution in [2.45, 2.75) is 12.4 Å². The normalized spacial score (nSPS) is 13.1. The van der Waals surface area contributed by atoms with Crippen LogP contribution in [0.5, 0.6) is 5.88 Å². The van der Waals surface area contributed by atoms with E-state index in [0.29, 0.717) is 22.5 Å². The minimum absolute atomic E-state index is 0.0711. The summed E-state index contributed by atoms with van der Waals surface area (Å²) in [6, 6.07) is 6.27. The number of aromatic nitrogens is 3. The summed E-state index contributed by atoms with van der Waals surface area (Å²) in [7, 11) is 0. The lowest BCUT2D eigenvalue weighted by molar-refractivity contribution is -0.143. The zero-order valence-corrected chi connectivity index (χ0v) is 17.2. The van der Waals surface area contributed by atoms with Gasteiger partial charge in [-0.1, -0.05) is 12.1 Å². The quantitative estimate of drug-likeness (QED) is 0.165. The van der Waals surface area contributed by atoms with Crippen LogP contribution in [0.4, 0.5) is 26.3 Å². The van der Waals surface area contributed by atoms with Gasteiger partial charge in [0.25, 0.3) is 0 Å². The first-order chi connectivity index (χ1) is 14.9. The average Bonchev–Trinajstić information content (AvgIpc) is 3.29. The molecule has 2 aromatic carbocycles. The number of benzene rings is 2. The van der Waals surface area contributed by atoms with Crippen molar-refractivity contribution in [1.29, 1.82) is 0 Å². The Kier molecular flexibility index (Phi) is 5.37. The lowest BCUT2D eigenvalue weighted by atomic mass is 9.96. The van der Waals surface area contributed by atoms with Crippen molar-refractivity contribution in [1.82, 2.24) is 15.2 Å². The molecular weight excluding hydrogens is 476 g/mol. The number of nitrogens with zero attached hydrogens (tertiary/aromatic N) is 1. The van der Waals surface area contributed by atoms with Crippen LogP contribution in [0.1, 0.15) is 27.1 Å². The smallest absolute Gasteiger partial charge is 0.417 e. The maximum Gasteiger partial charge on any atom is 0.417 e. The number of alkyl halides is 6. The molecule has 2 aromatic heterocycles. The second-order valence-corrected chi connectivity index (χ2v) is 8.41. The average molecular weight is 487 g/mol. The molecule has 0 aliphatic rings. The Morgan fingerprint density at radius 1 is 1.03 bits per heavy atom. The first-order valence-corrected chi connectivity index (χ1v) is 10.0. The molecule has 4 rings (SSSR count). The molecule has 0 unspecified atom stereocenters. The van der Waals surface area contributed by atoms with Gasteiger partial charge in [0, 0.05) is 11.0 Å². The van der Waals surface area contributed by atoms with Gasteiger partial charge in [0.1, 0.15) is 0 Å². The van der Waals surface area contributed by atoms with Crippen LogP contribution in [0.25, 0.3) is 22.6 Å². The van der Waals surface area contributed by atoms with E-state index in [4.69, 9.17) is 12.2 Å². The number of aromatic hydroxyl groups is 1. The highest BCUT2D eigenvalue weighted by Gasteiger charge is 2.38. The van der Waals surface area contributed by atoms with Crippen LogP contribution in [0, 0.1) is 3.95 Å². The first-order valence-electron chi connectivity index (χ1n) is 8.79. The first kappa shape index (κ1) is 22.1. The Morgan fingerprint density at radius 2 is 1.78 bits per heavy atom. The number of hydrogen-bond acceptors (Lipinski definition) is 4. The van der Waals surface area contributed by atoms with Crippen LogP contribution in [0.15, 0.2) is 42.6 Å². The summed E-state index contributed by atoms with van der Waals surface area (Å²) >= 11 is 5.94. The third-order valence-electron chi connectivity index (χ3n) is 4.61. The number of H-pyrrole nitrogens is 2. The number of nitrogens with one attached hydrogen (secondary N) is 2. The second-order valence-electron chi connectivity index (χ2n) is 6.72. The van der Waals surface area contributed by atoms with E-state index in [1.54, 1.807) is 18.2 Å². The molecule has 0 saturated carbocycles. The van der Waals surface area contributed by atoms with Gasteiger partial charge >= 0.3 is 12.4 Å². The van der Waals surface area contributed by atoms with E-state index in [1.807, 2.05) is 0 Å². The lowest BCUT2D eigenvalue weighted by Gasteiger charge is -2.15. The fourth-order valence-electron chi connectivity index (χ4n) is 3.15. The van der Waals surface area contributed by atoms with Gasteiger partial charge < -0.3 is 10.1 Å². The molecule has 0 spiro atoms. The van der Waals surface area contributed by atoms with E-state index in [-0.39, 0.29) is 26.4 Å². The predicted octanol–water partition coefficient (Wildman–Crippen LogP) is 7.01. The Balaban J connectivity index is 1.98. The van der Waals surface area contributed by atoms with E-state index < -0.39 is 29.0 Å². The minimum Gasteiger partial charge on any atom is -0.494 e. The van der Waals surface area contributed by atoms with Crippen molar-refractivity contribution in [2.24, 2.45) is 0 Å². The molecule has 0 atom stereocenters. The van der Waals surface area contributed by atoms with Gasteiger partial charge in [-0.3, -0.25) is 5.10 Å². The van der Waals surface area contributed by atoms with Crippen LogP contribution in [0.2, 0.25) is 0 Å².